The molecule has 0 saturated carbocycles. The fraction of sp³-hybridized carbons (Fsp3) is 0.286. The van der Waals surface area contributed by atoms with Crippen molar-refractivity contribution in [2.24, 2.45) is 0 Å². The molecule has 2 rings (SSSR count). The molecule has 0 fully saturated rings. The van der Waals surface area contributed by atoms with Crippen LogP contribution in [0, 0.1) is 0 Å². The molecule has 0 aliphatic heterocycles. The maximum Gasteiger partial charge on any atom is -0.0231 e. The monoisotopic (exact) mass is 184 g/mol. The van der Waals surface area contributed by atoms with Crippen LogP contribution in [-0.4, -0.2) is 0 Å². The van der Waals surface area contributed by atoms with E-state index >= 15 is 0 Å². The van der Waals surface area contributed by atoms with E-state index < -0.39 is 0 Å². The summed E-state index contributed by atoms with van der Waals surface area (Å²) in [5, 5.41) is 0. The van der Waals surface area contributed by atoms with Gasteiger partial charge < -0.3 is 0 Å². The van der Waals surface area contributed by atoms with Crippen LogP contribution in [-0.2, 0) is 0 Å². The lowest BCUT2D eigenvalue weighted by Gasteiger charge is -2.18. The van der Waals surface area contributed by atoms with Crippen LogP contribution in [0.3, 0.4) is 0 Å². The molecule has 0 saturated heterocycles. The van der Waals surface area contributed by atoms with Gasteiger partial charge in [-0.25, -0.2) is 0 Å². The van der Waals surface area contributed by atoms with Crippen LogP contribution in [0.2, 0.25) is 0 Å². The smallest absolute Gasteiger partial charge is 0.0231 e. The van der Waals surface area contributed by atoms with Crippen molar-refractivity contribution in [1.29, 1.82) is 0 Å². The Morgan fingerprint density at radius 2 is 2.00 bits per heavy atom. The summed E-state index contributed by atoms with van der Waals surface area (Å²) in [6.45, 7) is 3.88. The first-order valence-corrected chi connectivity index (χ1v) is 5.30. The molecule has 0 unspecified atom stereocenters. The zero-order chi connectivity index (χ0) is 9.80. The van der Waals surface area contributed by atoms with Crippen LogP contribution >= 0.6 is 0 Å². The highest BCUT2D eigenvalue weighted by molar-refractivity contribution is 5.48. The van der Waals surface area contributed by atoms with Gasteiger partial charge in [-0.2, -0.15) is 0 Å². The first-order chi connectivity index (χ1) is 6.92. The molecule has 0 aromatic carbocycles. The van der Waals surface area contributed by atoms with Crippen molar-refractivity contribution >= 4 is 0 Å². The van der Waals surface area contributed by atoms with Crippen LogP contribution in [0.1, 0.15) is 25.7 Å². The van der Waals surface area contributed by atoms with Gasteiger partial charge in [0.2, 0.25) is 0 Å². The average Bonchev–Trinajstić information content (AvgIpc) is 2.30. The van der Waals surface area contributed by atoms with Crippen molar-refractivity contribution in [3.05, 3.63) is 59.8 Å². The standard InChI is InChI=1S/C14H16/c1-2-12-8-6-7-11-14(12)13-9-4-3-5-10-13/h2-4,6,8-9H,1,5,7,10-11H2. The van der Waals surface area contributed by atoms with Crippen molar-refractivity contribution < 1.29 is 0 Å². The molecule has 0 atom stereocenters. The van der Waals surface area contributed by atoms with E-state index in [-0.39, 0.29) is 0 Å². The van der Waals surface area contributed by atoms with E-state index in [2.05, 4.69) is 37.0 Å². The second kappa shape index (κ2) is 4.28. The van der Waals surface area contributed by atoms with Gasteiger partial charge in [0.05, 0.1) is 0 Å². The quantitative estimate of drug-likeness (QED) is 0.606. The maximum absolute atomic E-state index is 3.88. The van der Waals surface area contributed by atoms with Gasteiger partial charge in [-0.3, -0.25) is 0 Å². The van der Waals surface area contributed by atoms with Gasteiger partial charge in [-0.05, 0) is 42.4 Å². The van der Waals surface area contributed by atoms with Crippen molar-refractivity contribution in [3.8, 4) is 0 Å². The third-order valence-electron chi connectivity index (χ3n) is 2.83. The summed E-state index contributed by atoms with van der Waals surface area (Å²) in [6.07, 6.45) is 17.8. The van der Waals surface area contributed by atoms with Gasteiger partial charge in [-0.1, -0.05) is 43.0 Å². The Kier molecular flexibility index (Phi) is 2.83. The number of hydrogen-bond acceptors (Lipinski definition) is 0. The Morgan fingerprint density at radius 1 is 1.14 bits per heavy atom. The van der Waals surface area contributed by atoms with Crippen molar-refractivity contribution in [2.75, 3.05) is 0 Å². The van der Waals surface area contributed by atoms with Gasteiger partial charge in [0.1, 0.15) is 0 Å². The van der Waals surface area contributed by atoms with Crippen LogP contribution in [0.15, 0.2) is 59.8 Å². The predicted octanol–water partition coefficient (Wildman–Crippen LogP) is 4.10. The fourth-order valence-corrected chi connectivity index (χ4v) is 2.07. The fourth-order valence-electron chi connectivity index (χ4n) is 2.07. The molecule has 0 N–H and O–H groups in total. The number of rotatable bonds is 2. The third-order valence-corrected chi connectivity index (χ3v) is 2.83. The minimum atomic E-state index is 1.17. The maximum atomic E-state index is 3.88. The SMILES string of the molecule is C=CC1=C(C2=CC=CCC2)CCC=C1. The van der Waals surface area contributed by atoms with Crippen LogP contribution in [0.4, 0.5) is 0 Å². The first-order valence-electron chi connectivity index (χ1n) is 5.30. The molecule has 0 heterocycles. The van der Waals surface area contributed by atoms with Gasteiger partial charge in [-0.15, -0.1) is 0 Å². The highest BCUT2D eigenvalue weighted by Crippen LogP contribution is 2.30. The minimum Gasteiger partial charge on any atom is -0.0985 e. The lowest BCUT2D eigenvalue weighted by molar-refractivity contribution is 0.890. The van der Waals surface area contributed by atoms with E-state index in [1.807, 2.05) is 6.08 Å². The Balaban J connectivity index is 2.34. The lowest BCUT2D eigenvalue weighted by Crippen LogP contribution is -1.99. The first kappa shape index (κ1) is 9.26. The summed E-state index contributed by atoms with van der Waals surface area (Å²) in [7, 11) is 0. The largest absolute Gasteiger partial charge is 0.0985 e. The Hall–Kier alpha value is -1.30. The summed E-state index contributed by atoms with van der Waals surface area (Å²) >= 11 is 0. The number of hydrogen-bond donors (Lipinski definition) is 0. The molecule has 0 bridgehead atoms. The summed E-state index contributed by atoms with van der Waals surface area (Å²) in [5.41, 5.74) is 4.33. The summed E-state index contributed by atoms with van der Waals surface area (Å²) < 4.78 is 0. The van der Waals surface area contributed by atoms with E-state index in [4.69, 9.17) is 0 Å². The second-order valence-corrected chi connectivity index (χ2v) is 3.74. The molecule has 14 heavy (non-hydrogen) atoms. The van der Waals surface area contributed by atoms with Gasteiger partial charge in [0, 0.05) is 0 Å². The molecule has 0 nitrogen and oxygen atoms in total. The topological polar surface area (TPSA) is 0 Å². The highest BCUT2D eigenvalue weighted by Gasteiger charge is 2.11. The summed E-state index contributed by atoms with van der Waals surface area (Å²) in [4.78, 5) is 0. The van der Waals surface area contributed by atoms with Gasteiger partial charge in [0.15, 0.2) is 0 Å². The molecule has 0 spiro atoms. The molecule has 72 valence electrons. The average molecular weight is 184 g/mol. The Bertz CT molecular complexity index is 348. The van der Waals surface area contributed by atoms with E-state index in [9.17, 15) is 0 Å². The second-order valence-electron chi connectivity index (χ2n) is 3.74. The van der Waals surface area contributed by atoms with Crippen molar-refractivity contribution in [1.82, 2.24) is 0 Å². The van der Waals surface area contributed by atoms with E-state index in [1.54, 1.807) is 0 Å². The third kappa shape index (κ3) is 1.79. The zero-order valence-corrected chi connectivity index (χ0v) is 8.50. The van der Waals surface area contributed by atoms with Gasteiger partial charge >= 0.3 is 0 Å². The predicted molar refractivity (Wildman–Crippen MR) is 62.1 cm³/mol. The Labute approximate surface area is 86.0 Å². The molecule has 0 aromatic rings. The highest BCUT2D eigenvalue weighted by atomic mass is 14.2. The molecule has 0 heteroatoms. The summed E-state index contributed by atoms with van der Waals surface area (Å²) in [6, 6.07) is 0. The molecule has 2 aliphatic carbocycles. The van der Waals surface area contributed by atoms with Crippen molar-refractivity contribution in [2.45, 2.75) is 25.7 Å². The van der Waals surface area contributed by atoms with E-state index in [1.165, 1.54) is 42.4 Å². The number of allylic oxidation sites excluding steroid dienone is 9. The molecule has 0 aromatic heterocycles. The van der Waals surface area contributed by atoms with E-state index in [0.29, 0.717) is 0 Å². The molecular formula is C14H16. The zero-order valence-electron chi connectivity index (χ0n) is 8.50. The van der Waals surface area contributed by atoms with Crippen LogP contribution in [0.5, 0.6) is 0 Å². The summed E-state index contributed by atoms with van der Waals surface area (Å²) in [5.74, 6) is 0. The van der Waals surface area contributed by atoms with Crippen molar-refractivity contribution in [3.63, 3.8) is 0 Å². The van der Waals surface area contributed by atoms with E-state index in [0.717, 1.165) is 0 Å². The molecule has 0 radical (unpaired) electrons. The van der Waals surface area contributed by atoms with Crippen LogP contribution in [0.25, 0.3) is 0 Å². The molecule has 0 amide bonds. The molecule has 2 aliphatic rings. The lowest BCUT2D eigenvalue weighted by atomic mass is 9.87. The van der Waals surface area contributed by atoms with Gasteiger partial charge in [0.25, 0.3) is 0 Å². The normalized spacial score (nSPS) is 21.0. The van der Waals surface area contributed by atoms with Crippen LogP contribution < -0.4 is 0 Å². The minimum absolute atomic E-state index is 1.17. The molecular weight excluding hydrogens is 168 g/mol. The Morgan fingerprint density at radius 3 is 2.71 bits per heavy atom.